The third kappa shape index (κ3) is 46.5. The highest BCUT2D eigenvalue weighted by Gasteiger charge is 2.23. The number of carbonyl (C=O) groups is 1. The molecule has 8 nitrogen and oxygen atoms in total. The molecular formula is C52H101N2O6P. The number of aliphatic hydroxyl groups excluding tert-OH is 1. The van der Waals surface area contributed by atoms with Crippen molar-refractivity contribution in [1.29, 1.82) is 0 Å². The van der Waals surface area contributed by atoms with Gasteiger partial charge in [0.2, 0.25) is 5.91 Å². The lowest BCUT2D eigenvalue weighted by Crippen LogP contribution is -2.45. The van der Waals surface area contributed by atoms with Crippen LogP contribution in [-0.2, 0) is 18.4 Å². The Hall–Kier alpha value is -1.28. The molecule has 0 fully saturated rings. The van der Waals surface area contributed by atoms with Crippen LogP contribution in [0.3, 0.4) is 0 Å². The highest BCUT2D eigenvalue weighted by atomic mass is 31.2. The van der Waals surface area contributed by atoms with Crippen molar-refractivity contribution in [3.05, 3.63) is 36.5 Å². The number of amides is 1. The summed E-state index contributed by atoms with van der Waals surface area (Å²) in [6.45, 7) is 4.65. The third-order valence-electron chi connectivity index (χ3n) is 11.6. The molecule has 0 spiro atoms. The molecular weight excluding hydrogens is 780 g/mol. The quantitative estimate of drug-likeness (QED) is 0.0273. The number of allylic oxidation sites excluding steroid dienone is 5. The molecule has 0 aliphatic rings. The lowest BCUT2D eigenvalue weighted by atomic mass is 10.0. The summed E-state index contributed by atoms with van der Waals surface area (Å²) in [6, 6.07) is -0.885. The molecule has 3 atom stereocenters. The number of hydrogen-bond donors (Lipinski definition) is 2. The van der Waals surface area contributed by atoms with Crippen LogP contribution < -0.4 is 10.2 Å². The van der Waals surface area contributed by atoms with Crippen LogP contribution in [0.4, 0.5) is 0 Å². The largest absolute Gasteiger partial charge is 0.756 e. The van der Waals surface area contributed by atoms with Crippen LogP contribution in [0.15, 0.2) is 36.5 Å². The number of quaternary nitrogens is 1. The first-order valence-corrected chi connectivity index (χ1v) is 27.3. The molecule has 0 bridgehead atoms. The lowest BCUT2D eigenvalue weighted by Gasteiger charge is -2.29. The number of aliphatic hydroxyl groups is 1. The average molecular weight is 881 g/mol. The Morgan fingerprint density at radius 2 is 0.951 bits per heavy atom. The molecule has 0 aromatic heterocycles. The van der Waals surface area contributed by atoms with E-state index >= 15 is 0 Å². The van der Waals surface area contributed by atoms with Crippen LogP contribution in [0.1, 0.15) is 239 Å². The zero-order valence-electron chi connectivity index (χ0n) is 40.9. The fourth-order valence-electron chi connectivity index (χ4n) is 7.48. The summed E-state index contributed by atoms with van der Waals surface area (Å²) in [5.74, 6) is -0.198. The average Bonchev–Trinajstić information content (AvgIpc) is 3.21. The van der Waals surface area contributed by atoms with Crippen LogP contribution in [0.5, 0.6) is 0 Å². The van der Waals surface area contributed by atoms with Crippen molar-refractivity contribution in [3.63, 3.8) is 0 Å². The predicted molar refractivity (Wildman–Crippen MR) is 261 cm³/mol. The van der Waals surface area contributed by atoms with Gasteiger partial charge >= 0.3 is 0 Å². The number of likely N-dealkylation sites (N-methyl/N-ethyl adjacent to an activating group) is 1. The summed E-state index contributed by atoms with van der Waals surface area (Å²) < 4.78 is 23.3. The molecule has 0 heterocycles. The van der Waals surface area contributed by atoms with E-state index in [0.717, 1.165) is 44.9 Å². The molecule has 9 heteroatoms. The molecule has 3 unspecified atom stereocenters. The molecule has 0 aromatic rings. The normalized spacial score (nSPS) is 14.4. The Morgan fingerprint density at radius 3 is 1.36 bits per heavy atom. The van der Waals surface area contributed by atoms with Crippen molar-refractivity contribution >= 4 is 13.7 Å². The number of unbranched alkanes of at least 4 members (excludes halogenated alkanes) is 30. The molecule has 2 N–H and O–H groups in total. The van der Waals surface area contributed by atoms with Crippen molar-refractivity contribution in [2.24, 2.45) is 0 Å². The topological polar surface area (TPSA) is 108 Å². The summed E-state index contributed by atoms with van der Waals surface area (Å²) in [5, 5.41) is 13.8. The van der Waals surface area contributed by atoms with Crippen molar-refractivity contribution < 1.29 is 32.9 Å². The van der Waals surface area contributed by atoms with Gasteiger partial charge in [0, 0.05) is 6.42 Å². The van der Waals surface area contributed by atoms with Crippen LogP contribution in [0.2, 0.25) is 0 Å². The first-order valence-electron chi connectivity index (χ1n) is 25.9. The van der Waals surface area contributed by atoms with Crippen molar-refractivity contribution in [3.8, 4) is 0 Å². The van der Waals surface area contributed by atoms with E-state index in [9.17, 15) is 19.4 Å². The third-order valence-corrected chi connectivity index (χ3v) is 12.6. The van der Waals surface area contributed by atoms with Crippen LogP contribution >= 0.6 is 7.82 Å². The van der Waals surface area contributed by atoms with Gasteiger partial charge in [0.1, 0.15) is 13.2 Å². The van der Waals surface area contributed by atoms with E-state index in [1.807, 2.05) is 27.2 Å². The maximum absolute atomic E-state index is 12.9. The molecule has 0 aromatic carbocycles. The summed E-state index contributed by atoms with van der Waals surface area (Å²) in [4.78, 5) is 25.4. The van der Waals surface area contributed by atoms with Gasteiger partial charge < -0.3 is 28.8 Å². The van der Waals surface area contributed by atoms with Crippen molar-refractivity contribution in [2.75, 3.05) is 40.9 Å². The maximum atomic E-state index is 12.9. The van der Waals surface area contributed by atoms with Gasteiger partial charge in [-0.1, -0.05) is 217 Å². The van der Waals surface area contributed by atoms with E-state index < -0.39 is 20.0 Å². The first kappa shape index (κ1) is 59.7. The van der Waals surface area contributed by atoms with Gasteiger partial charge in [-0.15, -0.1) is 0 Å². The second kappa shape index (κ2) is 43.9. The second-order valence-electron chi connectivity index (χ2n) is 18.9. The minimum Gasteiger partial charge on any atom is -0.756 e. The maximum Gasteiger partial charge on any atom is 0.268 e. The fraction of sp³-hybridized carbons (Fsp3) is 0.865. The SMILES string of the molecule is CCCCCCC/C=C\C/C=C\CCCCCCCCCCCCCCCC(=O)NC(COP(=O)([O-])OCC[N+](C)(C)C)C(O)/C=C/CCCCCCCCCCCCCC. The van der Waals surface area contributed by atoms with E-state index in [2.05, 4.69) is 43.5 Å². The van der Waals surface area contributed by atoms with Gasteiger partial charge in [-0.25, -0.2) is 0 Å². The van der Waals surface area contributed by atoms with Crippen LogP contribution in [0, 0.1) is 0 Å². The molecule has 61 heavy (non-hydrogen) atoms. The number of phosphoric acid groups is 1. The van der Waals surface area contributed by atoms with Gasteiger partial charge in [-0.2, -0.15) is 0 Å². The Kier molecular flexibility index (Phi) is 43.0. The van der Waals surface area contributed by atoms with E-state index in [4.69, 9.17) is 9.05 Å². The first-order chi connectivity index (χ1) is 29.5. The molecule has 360 valence electrons. The van der Waals surface area contributed by atoms with Gasteiger partial charge in [0.05, 0.1) is 39.9 Å². The molecule has 0 radical (unpaired) electrons. The zero-order chi connectivity index (χ0) is 45.0. The van der Waals surface area contributed by atoms with E-state index in [-0.39, 0.29) is 19.1 Å². The molecule has 1 amide bonds. The Balaban J connectivity index is 4.21. The van der Waals surface area contributed by atoms with E-state index in [0.29, 0.717) is 17.4 Å². The summed E-state index contributed by atoms with van der Waals surface area (Å²) in [7, 11) is 1.26. The highest BCUT2D eigenvalue weighted by Crippen LogP contribution is 2.38. The molecule has 0 aliphatic carbocycles. The second-order valence-corrected chi connectivity index (χ2v) is 20.3. The van der Waals surface area contributed by atoms with Crippen molar-refractivity contribution in [1.82, 2.24) is 5.32 Å². The number of rotatable bonds is 47. The van der Waals surface area contributed by atoms with E-state index in [1.165, 1.54) is 173 Å². The number of phosphoric ester groups is 1. The summed E-state index contributed by atoms with van der Waals surface area (Å²) in [6.07, 6.45) is 54.8. The van der Waals surface area contributed by atoms with E-state index in [1.54, 1.807) is 6.08 Å². The summed E-state index contributed by atoms with van der Waals surface area (Å²) >= 11 is 0. The number of nitrogens with zero attached hydrogens (tertiary/aromatic N) is 1. The Bertz CT molecular complexity index is 1090. The smallest absolute Gasteiger partial charge is 0.268 e. The Labute approximate surface area is 378 Å². The molecule has 0 aliphatic heterocycles. The number of nitrogens with one attached hydrogen (secondary N) is 1. The monoisotopic (exact) mass is 881 g/mol. The molecule has 0 saturated carbocycles. The van der Waals surface area contributed by atoms with Gasteiger partial charge in [-0.3, -0.25) is 9.36 Å². The Morgan fingerprint density at radius 1 is 0.574 bits per heavy atom. The highest BCUT2D eigenvalue weighted by molar-refractivity contribution is 7.45. The predicted octanol–water partition coefficient (Wildman–Crippen LogP) is 14.4. The van der Waals surface area contributed by atoms with Gasteiger partial charge in [0.25, 0.3) is 7.82 Å². The fourth-order valence-corrected chi connectivity index (χ4v) is 8.20. The minimum absolute atomic E-state index is 0.000615. The van der Waals surface area contributed by atoms with Gasteiger partial charge in [-0.05, 0) is 51.4 Å². The van der Waals surface area contributed by atoms with Gasteiger partial charge in [0.15, 0.2) is 0 Å². The summed E-state index contributed by atoms with van der Waals surface area (Å²) in [5.41, 5.74) is 0. The molecule has 0 saturated heterocycles. The standard InChI is InChI=1S/C52H101N2O6P/c1-6-8-10-12-14-16-18-20-22-23-24-25-26-27-28-29-30-31-32-34-36-38-40-42-44-46-52(56)53-50(49-60-61(57,58)59-48-47-54(3,4)5)51(55)45-43-41-39-37-35-33-21-19-17-15-13-11-9-7-2/h18,20,23-24,43,45,50-51,55H,6-17,19,21-22,25-42,44,46-49H2,1-5H3,(H-,53,56,57,58)/b20-18-,24-23-,45-43+. The zero-order valence-corrected chi connectivity index (χ0v) is 41.8. The van der Waals surface area contributed by atoms with Crippen LogP contribution in [0.25, 0.3) is 0 Å². The van der Waals surface area contributed by atoms with Crippen LogP contribution in [-0.4, -0.2) is 68.5 Å². The van der Waals surface area contributed by atoms with Crippen molar-refractivity contribution in [2.45, 2.75) is 251 Å². The number of hydrogen-bond acceptors (Lipinski definition) is 6. The lowest BCUT2D eigenvalue weighted by molar-refractivity contribution is -0.870. The molecule has 0 rings (SSSR count). The minimum atomic E-state index is -4.59. The number of carbonyl (C=O) groups excluding carboxylic acids is 1.